The van der Waals surface area contributed by atoms with Crippen LogP contribution in [0.25, 0.3) is 33.6 Å². The van der Waals surface area contributed by atoms with Gasteiger partial charge in [0.1, 0.15) is 12.6 Å². The van der Waals surface area contributed by atoms with Gasteiger partial charge in [0.05, 0.1) is 37.2 Å². The van der Waals surface area contributed by atoms with E-state index in [0.29, 0.717) is 6.41 Å². The summed E-state index contributed by atoms with van der Waals surface area (Å²) in [5.74, 6) is 0.899. The van der Waals surface area contributed by atoms with Gasteiger partial charge in [0.2, 0.25) is 24.2 Å². The molecule has 0 spiro atoms. The predicted molar refractivity (Wildman–Crippen MR) is 224 cm³/mol. The molecule has 0 bridgehead atoms. The molecule has 2 aromatic heterocycles. The second-order valence-corrected chi connectivity index (χ2v) is 13.2. The molecule has 5 N–H and O–H groups in total. The van der Waals surface area contributed by atoms with E-state index in [4.69, 9.17) is 0 Å². The fourth-order valence-electron chi connectivity index (χ4n) is 5.74. The highest BCUT2D eigenvalue weighted by Crippen LogP contribution is 2.27. The van der Waals surface area contributed by atoms with Crippen LogP contribution < -0.4 is 20.9 Å². The highest BCUT2D eigenvalue weighted by atomic mass is 16.5. The van der Waals surface area contributed by atoms with E-state index in [-0.39, 0.29) is 24.3 Å². The number of alkyl carbamates (subject to hydrolysis) is 1. The maximum Gasteiger partial charge on any atom is 0.407 e. The van der Waals surface area contributed by atoms with Crippen molar-refractivity contribution < 1.29 is 23.9 Å². The third-order valence-electron chi connectivity index (χ3n) is 8.66. The molecule has 2 aliphatic rings. The molecular weight excluding hydrogens is 711 g/mol. The molecular formula is C42H63N9O5. The van der Waals surface area contributed by atoms with Crippen molar-refractivity contribution in [3.05, 3.63) is 67.3 Å². The Labute approximate surface area is 332 Å². The number of carbonyl (C=O) groups excluding carboxylic acids is 4. The van der Waals surface area contributed by atoms with Crippen LogP contribution in [0.15, 0.2) is 67.3 Å². The summed E-state index contributed by atoms with van der Waals surface area (Å²) in [5.41, 5.74) is 6.80. The first-order chi connectivity index (χ1) is 27.1. The number of methoxy groups -OCH3 is 1. The zero-order chi connectivity index (χ0) is 41.3. The van der Waals surface area contributed by atoms with Crippen LogP contribution in [-0.4, -0.2) is 102 Å². The number of hydrogen-bond donors (Lipinski definition) is 5. The molecule has 4 heterocycles. The number of likely N-dealkylation sites (tertiary alicyclic amines) is 1. The van der Waals surface area contributed by atoms with Gasteiger partial charge < -0.3 is 40.5 Å². The number of amides is 4. The van der Waals surface area contributed by atoms with Gasteiger partial charge in [0.25, 0.3) is 0 Å². The Bertz CT molecular complexity index is 1680. The molecule has 1 unspecified atom stereocenters. The number of ether oxygens (including phenoxy) is 1. The largest absolute Gasteiger partial charge is 0.453 e. The van der Waals surface area contributed by atoms with Gasteiger partial charge in [0, 0.05) is 33.2 Å². The second-order valence-electron chi connectivity index (χ2n) is 13.2. The summed E-state index contributed by atoms with van der Waals surface area (Å²) in [6, 6.07) is 16.7. The van der Waals surface area contributed by atoms with Crippen LogP contribution in [0.3, 0.4) is 0 Å². The number of aromatic amines is 2. The number of anilines is 1. The van der Waals surface area contributed by atoms with E-state index in [9.17, 15) is 19.2 Å². The molecule has 0 saturated carbocycles. The molecule has 56 heavy (non-hydrogen) atoms. The molecule has 2 fully saturated rings. The van der Waals surface area contributed by atoms with E-state index in [1.54, 1.807) is 18.3 Å². The van der Waals surface area contributed by atoms with Crippen molar-refractivity contribution in [1.82, 2.24) is 40.8 Å². The van der Waals surface area contributed by atoms with E-state index in [1.807, 2.05) is 40.1 Å². The maximum atomic E-state index is 11.3. The number of imidazole rings is 2. The van der Waals surface area contributed by atoms with Crippen LogP contribution in [0.4, 0.5) is 10.7 Å². The minimum atomic E-state index is -0.562. The van der Waals surface area contributed by atoms with Crippen molar-refractivity contribution in [3.8, 4) is 33.6 Å². The highest BCUT2D eigenvalue weighted by Gasteiger charge is 2.20. The number of nitrogens with zero attached hydrogens (tertiary/aromatic N) is 4. The number of H-pyrrole nitrogens is 2. The summed E-state index contributed by atoms with van der Waals surface area (Å²) in [6.45, 7) is 15.8. The van der Waals surface area contributed by atoms with Crippen molar-refractivity contribution in [2.75, 3.05) is 51.8 Å². The normalized spacial score (nSPS) is 13.2. The standard InChI is InChI=1S/C22H21N5.C8H14N2O3.C7H14N2O2.C3H8.C2H6/c1-2-12-27(11-1)22-24-14-21(26-22)19-9-5-17(6-10-19)16-3-7-18(8-4-16)20-13-23-15-25-20;1-13-8(12)9-6-7(11)10-4-2-3-5-10;1-5(2)6(9-4-10)7(11)8-3;1-3-2;1-2/h3-10,13-15H,1-2,11-12H2,(H,23,25)(H,24,26);2-6H2,1H3,(H,9,12);4-6H,1-3H3,(H,8,11)(H,9,10);3H2,1-2H3;1-2H3. The van der Waals surface area contributed by atoms with Crippen LogP contribution in [0.5, 0.6) is 0 Å². The summed E-state index contributed by atoms with van der Waals surface area (Å²) in [7, 11) is 2.82. The number of benzene rings is 2. The first kappa shape index (κ1) is 46.5. The molecule has 4 aromatic rings. The summed E-state index contributed by atoms with van der Waals surface area (Å²) in [4.78, 5) is 62.3. The van der Waals surface area contributed by atoms with E-state index >= 15 is 0 Å². The van der Waals surface area contributed by atoms with Gasteiger partial charge in [0.15, 0.2) is 0 Å². The Balaban J connectivity index is 0.000000313. The van der Waals surface area contributed by atoms with Crippen molar-refractivity contribution >= 4 is 30.3 Å². The minimum Gasteiger partial charge on any atom is -0.453 e. The molecule has 6 rings (SSSR count). The van der Waals surface area contributed by atoms with Crippen molar-refractivity contribution in [2.24, 2.45) is 5.92 Å². The van der Waals surface area contributed by atoms with E-state index in [0.717, 1.165) is 67.5 Å². The van der Waals surface area contributed by atoms with Gasteiger partial charge in [-0.25, -0.2) is 14.8 Å². The zero-order valence-electron chi connectivity index (χ0n) is 34.5. The average molecular weight is 774 g/mol. The Morgan fingerprint density at radius 2 is 1.36 bits per heavy atom. The lowest BCUT2D eigenvalue weighted by Gasteiger charge is -2.17. The number of carbonyl (C=O) groups is 4. The van der Waals surface area contributed by atoms with Crippen molar-refractivity contribution in [1.29, 1.82) is 0 Å². The molecule has 14 nitrogen and oxygen atoms in total. The Kier molecular flexibility index (Phi) is 21.8. The van der Waals surface area contributed by atoms with Crippen LogP contribution in [0.2, 0.25) is 0 Å². The van der Waals surface area contributed by atoms with Crippen molar-refractivity contribution in [2.45, 2.75) is 79.7 Å². The lowest BCUT2D eigenvalue weighted by molar-refractivity contribution is -0.129. The SMILES string of the molecule is CC.CCC.CNC(=O)C(NC=O)C(C)C.COC(=O)NCC(=O)N1CCCC1.c1ncc(-c2ccc(-c3ccc(-c4cnc(N5CCCC5)[nH]4)cc3)cc2)[nH]1. The fourth-order valence-corrected chi connectivity index (χ4v) is 5.74. The molecule has 1 atom stereocenters. The lowest BCUT2D eigenvalue weighted by atomic mass is 10.0. The van der Waals surface area contributed by atoms with Gasteiger partial charge in [-0.1, -0.05) is 96.5 Å². The van der Waals surface area contributed by atoms with Gasteiger partial charge in [-0.2, -0.15) is 0 Å². The van der Waals surface area contributed by atoms with Crippen LogP contribution in [-0.2, 0) is 19.1 Å². The lowest BCUT2D eigenvalue weighted by Crippen LogP contribution is -2.45. The van der Waals surface area contributed by atoms with Crippen LogP contribution in [0.1, 0.15) is 73.6 Å². The van der Waals surface area contributed by atoms with Gasteiger partial charge in [-0.05, 0) is 53.9 Å². The third-order valence-corrected chi connectivity index (χ3v) is 8.66. The molecule has 306 valence electrons. The molecule has 2 saturated heterocycles. The third kappa shape index (κ3) is 15.2. The number of rotatable bonds is 10. The zero-order valence-corrected chi connectivity index (χ0v) is 34.5. The molecule has 4 amide bonds. The van der Waals surface area contributed by atoms with Gasteiger partial charge in [-0.3, -0.25) is 14.4 Å². The molecule has 0 aliphatic carbocycles. The minimum absolute atomic E-state index is 0.0344. The van der Waals surface area contributed by atoms with E-state index in [1.165, 1.54) is 37.5 Å². The molecule has 0 radical (unpaired) electrons. The topological polar surface area (TPSA) is 177 Å². The maximum absolute atomic E-state index is 11.3. The Hall–Kier alpha value is -5.66. The number of aromatic nitrogens is 4. The quantitative estimate of drug-likeness (QED) is 0.111. The number of likely N-dealkylation sites (N-methyl/N-ethyl adjacent to an activating group) is 1. The summed E-state index contributed by atoms with van der Waals surface area (Å²) < 4.78 is 4.34. The number of hydrogen-bond acceptors (Lipinski definition) is 8. The van der Waals surface area contributed by atoms with Gasteiger partial charge in [-0.15, -0.1) is 0 Å². The number of nitrogens with one attached hydrogen (secondary N) is 5. The summed E-state index contributed by atoms with van der Waals surface area (Å²) >= 11 is 0. The smallest absolute Gasteiger partial charge is 0.407 e. The van der Waals surface area contributed by atoms with E-state index < -0.39 is 12.1 Å². The molecule has 2 aliphatic heterocycles. The average Bonchev–Trinajstić information content (AvgIpc) is 4.09. The fraction of sp³-hybridized carbons (Fsp3) is 0.476. The van der Waals surface area contributed by atoms with Crippen LogP contribution in [0, 0.1) is 5.92 Å². The monoisotopic (exact) mass is 773 g/mol. The first-order valence-electron chi connectivity index (χ1n) is 19.7. The van der Waals surface area contributed by atoms with Crippen LogP contribution >= 0.6 is 0 Å². The van der Waals surface area contributed by atoms with Crippen molar-refractivity contribution in [3.63, 3.8) is 0 Å². The van der Waals surface area contributed by atoms with E-state index in [2.05, 4.69) is 108 Å². The predicted octanol–water partition coefficient (Wildman–Crippen LogP) is 6.64. The molecule has 14 heteroatoms. The summed E-state index contributed by atoms with van der Waals surface area (Å²) in [6.07, 6.45) is 11.3. The van der Waals surface area contributed by atoms with Gasteiger partial charge >= 0.3 is 6.09 Å². The summed E-state index contributed by atoms with van der Waals surface area (Å²) in [5, 5.41) is 7.27. The molecule has 2 aromatic carbocycles. The Morgan fingerprint density at radius 1 is 0.839 bits per heavy atom. The highest BCUT2D eigenvalue weighted by molar-refractivity contribution is 5.83. The Morgan fingerprint density at radius 3 is 1.82 bits per heavy atom. The second kappa shape index (κ2) is 26.2. The first-order valence-corrected chi connectivity index (χ1v) is 19.7.